The fourth-order valence-corrected chi connectivity index (χ4v) is 0.939. The Hall–Kier alpha value is -0.0400. The van der Waals surface area contributed by atoms with E-state index in [1.165, 1.54) is 19.3 Å². The zero-order valence-corrected chi connectivity index (χ0v) is 9.68. The third kappa shape index (κ3) is 16.5. The predicted molar refractivity (Wildman–Crippen MR) is 56.6 cm³/mol. The maximum atomic E-state index is 5.49. The highest BCUT2D eigenvalue weighted by Gasteiger charge is 2.01. The van der Waals surface area contributed by atoms with Gasteiger partial charge in [0.2, 0.25) is 0 Å². The second-order valence-corrected chi connectivity index (χ2v) is 3.49. The summed E-state index contributed by atoms with van der Waals surface area (Å²) >= 11 is 0. The first-order valence-electron chi connectivity index (χ1n) is 5.23. The molecule has 0 amide bonds. The molecule has 0 aromatic carbocycles. The highest BCUT2D eigenvalue weighted by molar-refractivity contribution is 4.49. The quantitative estimate of drug-likeness (QED) is 0.625. The molecule has 0 aromatic heterocycles. The minimum atomic E-state index is 0.381. The summed E-state index contributed by atoms with van der Waals surface area (Å²) in [6.45, 7) is 12.7. The molecule has 0 N–H and O–H groups in total. The zero-order chi connectivity index (χ0) is 9.98. The largest absolute Gasteiger partial charge is 0.376 e. The molecule has 12 heavy (non-hydrogen) atoms. The number of ether oxygens (including phenoxy) is 1. The fourth-order valence-electron chi connectivity index (χ4n) is 0.939. The molecule has 0 bridgehead atoms. The summed E-state index contributed by atoms with van der Waals surface area (Å²) < 4.78 is 5.49. The van der Waals surface area contributed by atoms with Gasteiger partial charge in [0.25, 0.3) is 0 Å². The first-order valence-corrected chi connectivity index (χ1v) is 5.23. The number of hydrogen-bond acceptors (Lipinski definition) is 1. The molecule has 0 fully saturated rings. The van der Waals surface area contributed by atoms with E-state index in [-0.39, 0.29) is 0 Å². The number of hydrogen-bond donors (Lipinski definition) is 0. The van der Waals surface area contributed by atoms with E-state index in [4.69, 9.17) is 4.74 Å². The van der Waals surface area contributed by atoms with Crippen LogP contribution in [0.15, 0.2) is 0 Å². The SMILES string of the molecule is CCC.CCCC(C)OC(C)C. The maximum Gasteiger partial charge on any atom is 0.0550 e. The summed E-state index contributed by atoms with van der Waals surface area (Å²) in [5, 5.41) is 0. The molecule has 76 valence electrons. The van der Waals surface area contributed by atoms with Gasteiger partial charge in [-0.05, 0) is 27.2 Å². The smallest absolute Gasteiger partial charge is 0.0550 e. The van der Waals surface area contributed by atoms with Crippen LogP contribution in [-0.2, 0) is 4.74 Å². The molecule has 0 aliphatic rings. The van der Waals surface area contributed by atoms with Crippen molar-refractivity contribution in [2.24, 2.45) is 0 Å². The lowest BCUT2D eigenvalue weighted by atomic mass is 10.2. The Morgan fingerprint density at radius 1 is 1.00 bits per heavy atom. The van der Waals surface area contributed by atoms with Crippen LogP contribution in [0.3, 0.4) is 0 Å². The van der Waals surface area contributed by atoms with Crippen molar-refractivity contribution in [3.63, 3.8) is 0 Å². The summed E-state index contributed by atoms with van der Waals surface area (Å²) in [6.07, 6.45) is 4.47. The van der Waals surface area contributed by atoms with Crippen LogP contribution in [0.1, 0.15) is 60.8 Å². The van der Waals surface area contributed by atoms with Gasteiger partial charge in [-0.25, -0.2) is 0 Å². The summed E-state index contributed by atoms with van der Waals surface area (Å²) in [5.41, 5.74) is 0. The zero-order valence-electron chi connectivity index (χ0n) is 9.68. The Bertz CT molecular complexity index is 69.4. The standard InChI is InChI=1S/C8H18O.C3H8/c1-5-6-8(4)9-7(2)3;1-3-2/h7-8H,5-6H2,1-4H3;3H2,1-2H3. The Balaban J connectivity index is 0. The molecule has 1 nitrogen and oxygen atoms in total. The van der Waals surface area contributed by atoms with Crippen molar-refractivity contribution in [2.75, 3.05) is 0 Å². The maximum absolute atomic E-state index is 5.49. The Kier molecular flexibility index (Phi) is 13.2. The van der Waals surface area contributed by atoms with Crippen molar-refractivity contribution >= 4 is 0 Å². The highest BCUT2D eigenvalue weighted by atomic mass is 16.5. The fraction of sp³-hybridized carbons (Fsp3) is 1.00. The van der Waals surface area contributed by atoms with Gasteiger partial charge in [-0.15, -0.1) is 0 Å². The molecule has 0 saturated carbocycles. The van der Waals surface area contributed by atoms with E-state index in [9.17, 15) is 0 Å². The van der Waals surface area contributed by atoms with Crippen LogP contribution in [0.4, 0.5) is 0 Å². The van der Waals surface area contributed by atoms with Gasteiger partial charge >= 0.3 is 0 Å². The molecular weight excluding hydrogens is 148 g/mol. The topological polar surface area (TPSA) is 9.23 Å². The molecule has 0 aliphatic heterocycles. The summed E-state index contributed by atoms with van der Waals surface area (Å²) in [6, 6.07) is 0. The predicted octanol–water partition coefficient (Wildman–Crippen LogP) is 4.02. The van der Waals surface area contributed by atoms with Crippen LogP contribution in [0.2, 0.25) is 0 Å². The third-order valence-electron chi connectivity index (χ3n) is 1.20. The van der Waals surface area contributed by atoms with E-state index >= 15 is 0 Å². The molecule has 0 saturated heterocycles. The minimum Gasteiger partial charge on any atom is -0.376 e. The molecule has 1 atom stereocenters. The van der Waals surface area contributed by atoms with Crippen LogP contribution in [0.5, 0.6) is 0 Å². The molecular formula is C11H26O. The second-order valence-electron chi connectivity index (χ2n) is 3.49. The van der Waals surface area contributed by atoms with Crippen LogP contribution in [0.25, 0.3) is 0 Å². The minimum absolute atomic E-state index is 0.381. The molecule has 1 heteroatoms. The van der Waals surface area contributed by atoms with Crippen LogP contribution in [-0.4, -0.2) is 12.2 Å². The van der Waals surface area contributed by atoms with Crippen molar-refractivity contribution in [3.8, 4) is 0 Å². The van der Waals surface area contributed by atoms with Crippen molar-refractivity contribution in [2.45, 2.75) is 73.0 Å². The lowest BCUT2D eigenvalue weighted by Gasteiger charge is -2.14. The van der Waals surface area contributed by atoms with Crippen molar-refractivity contribution in [1.82, 2.24) is 0 Å². The first kappa shape index (κ1) is 14.5. The van der Waals surface area contributed by atoms with Crippen molar-refractivity contribution in [3.05, 3.63) is 0 Å². The summed E-state index contributed by atoms with van der Waals surface area (Å²) in [5.74, 6) is 0. The van der Waals surface area contributed by atoms with Crippen LogP contribution in [0, 0.1) is 0 Å². The normalized spacial score (nSPS) is 12.2. The van der Waals surface area contributed by atoms with Crippen molar-refractivity contribution < 1.29 is 4.74 Å². The lowest BCUT2D eigenvalue weighted by molar-refractivity contribution is 0.0141. The van der Waals surface area contributed by atoms with Crippen molar-refractivity contribution in [1.29, 1.82) is 0 Å². The molecule has 0 radical (unpaired) electrons. The summed E-state index contributed by atoms with van der Waals surface area (Å²) in [4.78, 5) is 0. The molecule has 0 aromatic rings. The van der Waals surface area contributed by atoms with E-state index < -0.39 is 0 Å². The first-order chi connectivity index (χ1) is 5.58. The van der Waals surface area contributed by atoms with E-state index in [0.717, 1.165) is 0 Å². The number of rotatable bonds is 4. The van der Waals surface area contributed by atoms with E-state index in [0.29, 0.717) is 12.2 Å². The molecule has 0 spiro atoms. The van der Waals surface area contributed by atoms with Gasteiger partial charge in [0, 0.05) is 0 Å². The van der Waals surface area contributed by atoms with Gasteiger partial charge in [0.05, 0.1) is 12.2 Å². The Morgan fingerprint density at radius 3 is 1.67 bits per heavy atom. The second kappa shape index (κ2) is 11.0. The third-order valence-corrected chi connectivity index (χ3v) is 1.20. The van der Waals surface area contributed by atoms with Crippen LogP contribution >= 0.6 is 0 Å². The van der Waals surface area contributed by atoms with Gasteiger partial charge in [0.1, 0.15) is 0 Å². The van der Waals surface area contributed by atoms with E-state index in [2.05, 4.69) is 41.5 Å². The van der Waals surface area contributed by atoms with Gasteiger partial charge in [-0.2, -0.15) is 0 Å². The summed E-state index contributed by atoms with van der Waals surface area (Å²) in [7, 11) is 0. The molecule has 1 unspecified atom stereocenters. The monoisotopic (exact) mass is 174 g/mol. The van der Waals surface area contributed by atoms with E-state index in [1.807, 2.05) is 0 Å². The van der Waals surface area contributed by atoms with Gasteiger partial charge in [0.15, 0.2) is 0 Å². The highest BCUT2D eigenvalue weighted by Crippen LogP contribution is 2.03. The van der Waals surface area contributed by atoms with E-state index in [1.54, 1.807) is 0 Å². The molecule has 0 aliphatic carbocycles. The lowest BCUT2D eigenvalue weighted by Crippen LogP contribution is -2.13. The average Bonchev–Trinajstić information content (AvgIpc) is 1.87. The van der Waals surface area contributed by atoms with Gasteiger partial charge in [-0.3, -0.25) is 0 Å². The average molecular weight is 174 g/mol. The van der Waals surface area contributed by atoms with Crippen LogP contribution < -0.4 is 0 Å². The Labute approximate surface area is 78.5 Å². The molecule has 0 heterocycles. The van der Waals surface area contributed by atoms with Gasteiger partial charge < -0.3 is 4.74 Å². The molecule has 0 rings (SSSR count). The Morgan fingerprint density at radius 2 is 1.42 bits per heavy atom. The van der Waals surface area contributed by atoms with Gasteiger partial charge in [-0.1, -0.05) is 33.6 Å².